The summed E-state index contributed by atoms with van der Waals surface area (Å²) in [5.41, 5.74) is 9.20. The molecule has 0 spiro atoms. The molecule has 1 aromatic rings. The third-order valence-electron chi connectivity index (χ3n) is 3.20. The molecule has 0 saturated heterocycles. The van der Waals surface area contributed by atoms with E-state index in [9.17, 15) is 4.79 Å². The number of rotatable bonds is 1. The summed E-state index contributed by atoms with van der Waals surface area (Å²) in [6.45, 7) is 0. The van der Waals surface area contributed by atoms with Crippen molar-refractivity contribution in [2.24, 2.45) is 5.73 Å². The lowest BCUT2D eigenvalue weighted by molar-refractivity contribution is 0.255. The summed E-state index contributed by atoms with van der Waals surface area (Å²) in [5.74, 6) is 0. The van der Waals surface area contributed by atoms with Crippen molar-refractivity contribution in [1.29, 1.82) is 5.26 Å². The van der Waals surface area contributed by atoms with Gasteiger partial charge in [-0.25, -0.2) is 10.1 Å². The summed E-state index contributed by atoms with van der Waals surface area (Å²) < 4.78 is 0. The van der Waals surface area contributed by atoms with Crippen LogP contribution < -0.4 is 16.4 Å². The molecule has 0 aliphatic heterocycles. The first-order chi connectivity index (χ1) is 8.69. The topological polar surface area (TPSA) is 90.9 Å². The van der Waals surface area contributed by atoms with Crippen molar-refractivity contribution in [3.63, 3.8) is 0 Å². The summed E-state index contributed by atoms with van der Waals surface area (Å²) >= 11 is 0. The van der Waals surface area contributed by atoms with Crippen LogP contribution in [0.2, 0.25) is 0 Å². The van der Waals surface area contributed by atoms with Crippen molar-refractivity contribution < 1.29 is 4.79 Å². The molecule has 94 valence electrons. The Kier molecular flexibility index (Phi) is 3.80. The number of carbonyl (C=O) groups excluding carboxylic acids is 1. The molecule has 0 bridgehead atoms. The number of anilines is 1. The zero-order chi connectivity index (χ0) is 13.0. The minimum atomic E-state index is -0.511. The lowest BCUT2D eigenvalue weighted by Crippen LogP contribution is -2.24. The predicted molar refractivity (Wildman–Crippen MR) is 68.8 cm³/mol. The number of urea groups is 1. The predicted octanol–water partition coefficient (Wildman–Crippen LogP) is 1.50. The Hall–Kier alpha value is -2.06. The van der Waals surface area contributed by atoms with Crippen LogP contribution in [0.4, 0.5) is 10.5 Å². The Bertz CT molecular complexity index is 492. The Morgan fingerprint density at radius 2 is 2.06 bits per heavy atom. The number of nitrogens with zero attached hydrogens (tertiary/aromatic N) is 1. The number of benzene rings is 1. The van der Waals surface area contributed by atoms with E-state index >= 15 is 0 Å². The molecule has 0 aromatic heterocycles. The van der Waals surface area contributed by atoms with Gasteiger partial charge >= 0.3 is 6.03 Å². The third kappa shape index (κ3) is 2.99. The number of fused-ring (bicyclic) bond motifs is 1. The molecule has 0 saturated carbocycles. The molecule has 1 atom stereocenters. The van der Waals surface area contributed by atoms with E-state index < -0.39 is 6.03 Å². The molecule has 1 aromatic carbocycles. The van der Waals surface area contributed by atoms with Crippen LogP contribution in [0.25, 0.3) is 0 Å². The van der Waals surface area contributed by atoms with Gasteiger partial charge in [0.15, 0.2) is 6.19 Å². The van der Waals surface area contributed by atoms with E-state index in [0.29, 0.717) is 5.69 Å². The van der Waals surface area contributed by atoms with Crippen LogP contribution in [-0.4, -0.2) is 12.1 Å². The van der Waals surface area contributed by atoms with Gasteiger partial charge in [0, 0.05) is 11.7 Å². The standard InChI is InChI=1S/C13H16N4O/c14-8-16-13(18)17-12-6-3-9-1-4-11(15)5-2-10(9)7-12/h3,6-7,11H,1-2,4-5,15H2,(H2,16,17,18)/t11-/m0/s1. The fraction of sp³-hybridized carbons (Fsp3) is 0.385. The number of hydrogen-bond donors (Lipinski definition) is 3. The average molecular weight is 244 g/mol. The third-order valence-corrected chi connectivity index (χ3v) is 3.20. The SMILES string of the molecule is N#CNC(=O)Nc1ccc2c(c1)CC[C@@H](N)CC2. The maximum absolute atomic E-state index is 11.2. The number of aryl methyl sites for hydroxylation is 2. The first kappa shape index (κ1) is 12.4. The van der Waals surface area contributed by atoms with Crippen LogP contribution in [0.5, 0.6) is 0 Å². The molecular weight excluding hydrogens is 228 g/mol. The van der Waals surface area contributed by atoms with Crippen molar-refractivity contribution >= 4 is 11.7 Å². The van der Waals surface area contributed by atoms with Gasteiger partial charge in [-0.3, -0.25) is 0 Å². The average Bonchev–Trinajstić information content (AvgIpc) is 2.52. The number of nitrogens with one attached hydrogen (secondary N) is 2. The van der Waals surface area contributed by atoms with E-state index in [4.69, 9.17) is 11.0 Å². The number of amides is 2. The Labute approximate surface area is 106 Å². The fourth-order valence-corrected chi connectivity index (χ4v) is 2.22. The highest BCUT2D eigenvalue weighted by molar-refractivity contribution is 5.90. The monoisotopic (exact) mass is 244 g/mol. The lowest BCUT2D eigenvalue weighted by atomic mass is 10.0. The Morgan fingerprint density at radius 1 is 1.33 bits per heavy atom. The fourth-order valence-electron chi connectivity index (χ4n) is 2.22. The molecule has 0 radical (unpaired) electrons. The lowest BCUT2D eigenvalue weighted by Gasteiger charge is -2.09. The molecule has 1 aliphatic rings. The van der Waals surface area contributed by atoms with E-state index in [1.807, 2.05) is 23.5 Å². The molecule has 1 aliphatic carbocycles. The molecular formula is C13H16N4O. The molecule has 5 nitrogen and oxygen atoms in total. The summed E-state index contributed by atoms with van der Waals surface area (Å²) in [4.78, 5) is 11.2. The van der Waals surface area contributed by atoms with E-state index in [1.54, 1.807) is 6.19 Å². The largest absolute Gasteiger partial charge is 0.332 e. The number of carbonyl (C=O) groups is 1. The van der Waals surface area contributed by atoms with Gasteiger partial charge in [-0.05, 0) is 48.9 Å². The van der Waals surface area contributed by atoms with Crippen LogP contribution in [-0.2, 0) is 12.8 Å². The van der Waals surface area contributed by atoms with Gasteiger partial charge in [0.2, 0.25) is 0 Å². The maximum Gasteiger partial charge on any atom is 0.332 e. The van der Waals surface area contributed by atoms with E-state index in [0.717, 1.165) is 25.7 Å². The molecule has 0 heterocycles. The maximum atomic E-state index is 11.2. The van der Waals surface area contributed by atoms with Gasteiger partial charge in [0.25, 0.3) is 0 Å². The van der Waals surface area contributed by atoms with Gasteiger partial charge in [-0.2, -0.15) is 5.26 Å². The van der Waals surface area contributed by atoms with Crippen LogP contribution >= 0.6 is 0 Å². The summed E-state index contributed by atoms with van der Waals surface area (Å²) in [6.07, 6.45) is 5.49. The Morgan fingerprint density at radius 3 is 2.78 bits per heavy atom. The zero-order valence-electron chi connectivity index (χ0n) is 10.1. The van der Waals surface area contributed by atoms with E-state index in [2.05, 4.69) is 5.32 Å². The highest BCUT2D eigenvalue weighted by Gasteiger charge is 2.13. The first-order valence-corrected chi connectivity index (χ1v) is 6.02. The van der Waals surface area contributed by atoms with Gasteiger partial charge in [0.1, 0.15) is 0 Å². The molecule has 18 heavy (non-hydrogen) atoms. The van der Waals surface area contributed by atoms with Crippen molar-refractivity contribution in [1.82, 2.24) is 5.32 Å². The zero-order valence-corrected chi connectivity index (χ0v) is 10.1. The van der Waals surface area contributed by atoms with Crippen LogP contribution in [0.1, 0.15) is 24.0 Å². The molecule has 5 heteroatoms. The van der Waals surface area contributed by atoms with Crippen LogP contribution in [0.15, 0.2) is 18.2 Å². The highest BCUT2D eigenvalue weighted by atomic mass is 16.2. The van der Waals surface area contributed by atoms with Gasteiger partial charge in [0.05, 0.1) is 0 Å². The second kappa shape index (κ2) is 5.52. The molecule has 0 fully saturated rings. The summed E-state index contributed by atoms with van der Waals surface area (Å²) in [5, 5.41) is 13.0. The van der Waals surface area contributed by atoms with Crippen LogP contribution in [0, 0.1) is 11.5 Å². The van der Waals surface area contributed by atoms with Crippen LogP contribution in [0.3, 0.4) is 0 Å². The van der Waals surface area contributed by atoms with Gasteiger partial charge in [-0.1, -0.05) is 6.07 Å². The van der Waals surface area contributed by atoms with Gasteiger partial charge in [-0.15, -0.1) is 0 Å². The molecule has 0 unspecified atom stereocenters. The van der Waals surface area contributed by atoms with Crippen molar-refractivity contribution in [2.75, 3.05) is 5.32 Å². The van der Waals surface area contributed by atoms with Crippen molar-refractivity contribution in [2.45, 2.75) is 31.7 Å². The van der Waals surface area contributed by atoms with E-state index in [-0.39, 0.29) is 6.04 Å². The number of nitriles is 1. The summed E-state index contributed by atoms with van der Waals surface area (Å²) in [6, 6.07) is 5.59. The molecule has 4 N–H and O–H groups in total. The smallest absolute Gasteiger partial charge is 0.328 e. The minimum Gasteiger partial charge on any atom is -0.328 e. The second-order valence-corrected chi connectivity index (χ2v) is 4.51. The number of hydrogen-bond acceptors (Lipinski definition) is 3. The molecule has 2 amide bonds. The van der Waals surface area contributed by atoms with E-state index in [1.165, 1.54) is 11.1 Å². The quantitative estimate of drug-likeness (QED) is 0.397. The van der Waals surface area contributed by atoms with Gasteiger partial charge < -0.3 is 11.1 Å². The second-order valence-electron chi connectivity index (χ2n) is 4.51. The first-order valence-electron chi connectivity index (χ1n) is 6.02. The number of nitrogens with two attached hydrogens (primary N) is 1. The Balaban J connectivity index is 2.12. The normalized spacial score (nSPS) is 18.1. The van der Waals surface area contributed by atoms with Crippen molar-refractivity contribution in [3.05, 3.63) is 29.3 Å². The minimum absolute atomic E-state index is 0.260. The molecule has 2 rings (SSSR count). The summed E-state index contributed by atoms with van der Waals surface area (Å²) in [7, 11) is 0. The van der Waals surface area contributed by atoms with Crippen molar-refractivity contribution in [3.8, 4) is 6.19 Å². The highest BCUT2D eigenvalue weighted by Crippen LogP contribution is 2.23.